The van der Waals surface area contributed by atoms with Gasteiger partial charge in [0.1, 0.15) is 19.3 Å². The van der Waals surface area contributed by atoms with E-state index in [2.05, 4.69) is 27.7 Å². The first-order valence-corrected chi connectivity index (χ1v) is 48.3. The largest absolute Gasteiger partial charge is 0.472 e. The summed E-state index contributed by atoms with van der Waals surface area (Å²) >= 11 is 0. The number of phosphoric ester groups is 2. The van der Waals surface area contributed by atoms with E-state index < -0.39 is 97.5 Å². The van der Waals surface area contributed by atoms with Crippen molar-refractivity contribution >= 4 is 39.5 Å². The lowest BCUT2D eigenvalue weighted by molar-refractivity contribution is -0.161. The lowest BCUT2D eigenvalue weighted by atomic mass is 10.0. The molecule has 0 aliphatic heterocycles. The highest BCUT2D eigenvalue weighted by molar-refractivity contribution is 7.47. The predicted molar refractivity (Wildman–Crippen MR) is 437 cm³/mol. The molecule has 0 saturated carbocycles. The zero-order chi connectivity index (χ0) is 77.4. The maximum absolute atomic E-state index is 13.2. The van der Waals surface area contributed by atoms with E-state index in [4.69, 9.17) is 37.0 Å². The molecule has 5 atom stereocenters. The number of phosphoric acid groups is 2. The molecule has 0 aromatic heterocycles. The third-order valence-electron chi connectivity index (χ3n) is 20.6. The molecule has 0 amide bonds. The van der Waals surface area contributed by atoms with Crippen molar-refractivity contribution < 1.29 is 80.2 Å². The standard InChI is InChI=1S/C87H170O17P2/c1-5-9-13-17-21-25-29-33-37-40-44-47-51-55-59-63-67-71-84(89)97-77-82(103-86(91)73-69-65-61-57-53-49-43-36-32-28-24-20-16-12-8-4)79-101-105(93,94)99-75-81(88)76-100-106(95,96)102-80-83(104-87(92)74-70-66-62-58-54-50-46-42-39-35-31-27-23-19-15-11-7-3)78-98-85(90)72-68-64-60-56-52-48-45-41-38-34-30-26-22-18-14-10-6-2/h81-83,88H,5-80H2,1-4H3,(H,93,94)(H,95,96)/t81-,82-,83-/m1/s1. The topological polar surface area (TPSA) is 237 Å². The van der Waals surface area contributed by atoms with Crippen molar-refractivity contribution in [3.63, 3.8) is 0 Å². The van der Waals surface area contributed by atoms with Crippen LogP contribution in [0.2, 0.25) is 0 Å². The molecule has 0 bridgehead atoms. The fourth-order valence-corrected chi connectivity index (χ4v) is 15.3. The highest BCUT2D eigenvalue weighted by Crippen LogP contribution is 2.45. The number of ether oxygens (including phenoxy) is 4. The summed E-state index contributed by atoms with van der Waals surface area (Å²) in [5.74, 6) is -2.09. The molecule has 19 heteroatoms. The van der Waals surface area contributed by atoms with Crippen molar-refractivity contribution in [2.24, 2.45) is 0 Å². The quantitative estimate of drug-likeness (QED) is 0.0222. The first-order valence-electron chi connectivity index (χ1n) is 45.3. The Balaban J connectivity index is 5.27. The second kappa shape index (κ2) is 81.1. The zero-order valence-electron chi connectivity index (χ0n) is 69.4. The van der Waals surface area contributed by atoms with Gasteiger partial charge in [-0.3, -0.25) is 37.3 Å². The van der Waals surface area contributed by atoms with Crippen molar-refractivity contribution in [1.29, 1.82) is 0 Å². The van der Waals surface area contributed by atoms with Crippen LogP contribution >= 0.6 is 15.6 Å². The van der Waals surface area contributed by atoms with Gasteiger partial charge in [0.2, 0.25) is 0 Å². The monoisotopic (exact) mass is 1550 g/mol. The number of unbranched alkanes of at least 4 members (excludes halogenated alkanes) is 62. The molecule has 0 radical (unpaired) electrons. The Morgan fingerprint density at radius 3 is 0.557 bits per heavy atom. The maximum Gasteiger partial charge on any atom is 0.472 e. The van der Waals surface area contributed by atoms with Crippen LogP contribution in [-0.2, 0) is 65.4 Å². The number of rotatable bonds is 88. The lowest BCUT2D eigenvalue weighted by Gasteiger charge is -2.21. The SMILES string of the molecule is CCCCCCCCCCCCCCCCCCCC(=O)OC[C@H](COP(=O)(O)OC[C@@H](O)COP(=O)(O)OC[C@@H](COC(=O)CCCCCCCCCCCCCCCCCCC)OC(=O)CCCCCCCCCCCCCCCCCCC)OC(=O)CCCCCCCCCCCCCCCCC. The van der Waals surface area contributed by atoms with Gasteiger partial charge in [0.25, 0.3) is 0 Å². The van der Waals surface area contributed by atoms with E-state index in [0.29, 0.717) is 25.7 Å². The number of aliphatic hydroxyl groups excluding tert-OH is 1. The predicted octanol–water partition coefficient (Wildman–Crippen LogP) is 26.9. The molecule has 630 valence electrons. The van der Waals surface area contributed by atoms with E-state index in [1.165, 1.54) is 308 Å². The van der Waals surface area contributed by atoms with Crippen molar-refractivity contribution in [2.45, 2.75) is 495 Å². The van der Waals surface area contributed by atoms with E-state index in [0.717, 1.165) is 89.9 Å². The van der Waals surface area contributed by atoms with Gasteiger partial charge in [-0.05, 0) is 25.7 Å². The van der Waals surface area contributed by atoms with Gasteiger partial charge in [0.15, 0.2) is 12.2 Å². The van der Waals surface area contributed by atoms with Crippen LogP contribution in [0.1, 0.15) is 477 Å². The zero-order valence-corrected chi connectivity index (χ0v) is 71.2. The molecule has 0 aliphatic carbocycles. The van der Waals surface area contributed by atoms with Gasteiger partial charge in [-0.25, -0.2) is 9.13 Å². The second-order valence-corrected chi connectivity index (χ2v) is 34.2. The molecular formula is C87H170O17P2. The third-order valence-corrected chi connectivity index (χ3v) is 22.5. The Morgan fingerprint density at radius 1 is 0.226 bits per heavy atom. The molecule has 0 aliphatic rings. The highest BCUT2D eigenvalue weighted by atomic mass is 31.2. The number of carbonyl (C=O) groups is 4. The minimum atomic E-state index is -4.96. The van der Waals surface area contributed by atoms with Gasteiger partial charge in [0, 0.05) is 25.7 Å². The van der Waals surface area contributed by atoms with Gasteiger partial charge in [-0.1, -0.05) is 426 Å². The van der Waals surface area contributed by atoms with Gasteiger partial charge >= 0.3 is 39.5 Å². The van der Waals surface area contributed by atoms with Gasteiger partial charge in [-0.15, -0.1) is 0 Å². The molecule has 0 aromatic rings. The molecule has 0 spiro atoms. The number of hydrogen-bond donors (Lipinski definition) is 3. The molecule has 0 fully saturated rings. The van der Waals surface area contributed by atoms with Crippen LogP contribution in [0.5, 0.6) is 0 Å². The third kappa shape index (κ3) is 80.1. The Kier molecular flexibility index (Phi) is 79.6. The number of carbonyl (C=O) groups excluding carboxylic acids is 4. The first kappa shape index (κ1) is 104. The summed E-state index contributed by atoms with van der Waals surface area (Å²) in [5.41, 5.74) is 0. The summed E-state index contributed by atoms with van der Waals surface area (Å²) in [6.45, 7) is 5.08. The summed E-state index contributed by atoms with van der Waals surface area (Å²) in [6.07, 6.45) is 76.2. The fourth-order valence-electron chi connectivity index (χ4n) is 13.7. The minimum Gasteiger partial charge on any atom is -0.462 e. The van der Waals surface area contributed by atoms with Crippen LogP contribution in [0.4, 0.5) is 0 Å². The average Bonchev–Trinajstić information content (AvgIpc) is 0.901. The average molecular weight is 1550 g/mol. The molecule has 106 heavy (non-hydrogen) atoms. The van der Waals surface area contributed by atoms with Crippen molar-refractivity contribution in [2.75, 3.05) is 39.6 Å². The van der Waals surface area contributed by atoms with Gasteiger partial charge in [0.05, 0.1) is 26.4 Å². The van der Waals surface area contributed by atoms with Gasteiger partial charge in [-0.2, -0.15) is 0 Å². The summed E-state index contributed by atoms with van der Waals surface area (Å²) in [4.78, 5) is 73.3. The maximum atomic E-state index is 13.2. The van der Waals surface area contributed by atoms with E-state index in [-0.39, 0.29) is 25.7 Å². The fraction of sp³-hybridized carbons (Fsp3) is 0.954. The Bertz CT molecular complexity index is 2000. The van der Waals surface area contributed by atoms with Crippen LogP contribution in [0.15, 0.2) is 0 Å². The van der Waals surface area contributed by atoms with E-state index in [1.54, 1.807) is 0 Å². The van der Waals surface area contributed by atoms with Crippen molar-refractivity contribution in [1.82, 2.24) is 0 Å². The Hall–Kier alpha value is -1.94. The van der Waals surface area contributed by atoms with Crippen LogP contribution in [0.3, 0.4) is 0 Å². The normalized spacial score (nSPS) is 13.7. The molecule has 2 unspecified atom stereocenters. The molecule has 17 nitrogen and oxygen atoms in total. The second-order valence-electron chi connectivity index (χ2n) is 31.3. The Morgan fingerprint density at radius 2 is 0.377 bits per heavy atom. The van der Waals surface area contributed by atoms with Crippen LogP contribution < -0.4 is 0 Å². The van der Waals surface area contributed by atoms with Crippen molar-refractivity contribution in [3.05, 3.63) is 0 Å². The summed E-state index contributed by atoms with van der Waals surface area (Å²) < 4.78 is 69.0. The molecule has 3 N–H and O–H groups in total. The summed E-state index contributed by atoms with van der Waals surface area (Å²) in [7, 11) is -9.93. The number of aliphatic hydroxyl groups is 1. The van der Waals surface area contributed by atoms with E-state index in [1.807, 2.05) is 0 Å². The van der Waals surface area contributed by atoms with Crippen LogP contribution in [0, 0.1) is 0 Å². The molecule has 0 rings (SSSR count). The molecular weight excluding hydrogens is 1380 g/mol. The molecule has 0 heterocycles. The number of hydrogen-bond acceptors (Lipinski definition) is 15. The highest BCUT2D eigenvalue weighted by Gasteiger charge is 2.30. The molecule has 0 aromatic carbocycles. The summed E-state index contributed by atoms with van der Waals surface area (Å²) in [5, 5.41) is 10.7. The van der Waals surface area contributed by atoms with Crippen molar-refractivity contribution in [3.8, 4) is 0 Å². The first-order chi connectivity index (χ1) is 51.7. The lowest BCUT2D eigenvalue weighted by Crippen LogP contribution is -2.30. The van der Waals surface area contributed by atoms with Crippen LogP contribution in [0.25, 0.3) is 0 Å². The Labute approximate surface area is 651 Å². The van der Waals surface area contributed by atoms with E-state index >= 15 is 0 Å². The molecule has 0 saturated heterocycles. The van der Waals surface area contributed by atoms with Crippen LogP contribution in [-0.4, -0.2) is 96.7 Å². The van der Waals surface area contributed by atoms with E-state index in [9.17, 15) is 43.2 Å². The smallest absolute Gasteiger partial charge is 0.462 e. The minimum absolute atomic E-state index is 0.110. The number of esters is 4. The summed E-state index contributed by atoms with van der Waals surface area (Å²) in [6, 6.07) is 0. The van der Waals surface area contributed by atoms with Gasteiger partial charge < -0.3 is 33.8 Å².